The van der Waals surface area contributed by atoms with Gasteiger partial charge in [-0.3, -0.25) is 19.8 Å². The Morgan fingerprint density at radius 1 is 0.564 bits per heavy atom. The summed E-state index contributed by atoms with van der Waals surface area (Å²) < 4.78 is 15.6. The van der Waals surface area contributed by atoms with Crippen LogP contribution in [0, 0.1) is 20.8 Å². The van der Waals surface area contributed by atoms with E-state index in [1.54, 1.807) is 63.0 Å². The second-order valence-corrected chi connectivity index (χ2v) is 25.6. The number of aliphatic hydroxyl groups excluding tert-OH is 3. The zero-order chi connectivity index (χ0) is 69.3. The van der Waals surface area contributed by atoms with Crippen molar-refractivity contribution in [2.75, 3.05) is 61.1 Å². The molecule has 0 aliphatic carbocycles. The summed E-state index contributed by atoms with van der Waals surface area (Å²) in [5.74, 6) is 7.06. The predicted octanol–water partition coefficient (Wildman–Crippen LogP) is 6.55. The summed E-state index contributed by atoms with van der Waals surface area (Å²) in [5.41, 5.74) is 12.3. The van der Waals surface area contributed by atoms with Gasteiger partial charge in [-0.1, -0.05) is 6.07 Å². The van der Waals surface area contributed by atoms with E-state index in [-0.39, 0.29) is 26.1 Å². The van der Waals surface area contributed by atoms with Crippen LogP contribution in [0.3, 0.4) is 0 Å². The van der Waals surface area contributed by atoms with Gasteiger partial charge in [0.1, 0.15) is 23.3 Å². The third-order valence-corrected chi connectivity index (χ3v) is 17.8. The number of nitrogens with zero attached hydrogens (tertiary/aromatic N) is 20. The highest BCUT2D eigenvalue weighted by Crippen LogP contribution is 2.36. The van der Waals surface area contributed by atoms with Crippen molar-refractivity contribution >= 4 is 29.6 Å². The number of aromatic nitrogens is 17. The van der Waals surface area contributed by atoms with Gasteiger partial charge in [-0.05, 0) is 143 Å². The third-order valence-electron chi connectivity index (χ3n) is 17.8. The summed E-state index contributed by atoms with van der Waals surface area (Å²) in [6.45, 7) is 14.6. The molecule has 11 aromatic heterocycles. The van der Waals surface area contributed by atoms with Crippen LogP contribution in [-0.2, 0) is 42.3 Å². The number of aromatic amines is 1. The van der Waals surface area contributed by atoms with Gasteiger partial charge in [0, 0.05) is 158 Å². The number of hydrogen-bond acceptors (Lipinski definition) is 25. The normalized spacial score (nSPS) is 18.2. The van der Waals surface area contributed by atoms with Gasteiger partial charge in [-0.15, -0.1) is 0 Å². The molecular weight excluding hydrogens is 1280 g/mol. The number of amidine groups is 1. The van der Waals surface area contributed by atoms with Gasteiger partial charge in [-0.2, -0.15) is 20.4 Å². The lowest BCUT2D eigenvalue weighted by Crippen LogP contribution is -2.68. The molecule has 0 saturated carbocycles. The number of carbonyl (C=O) groups is 1. The summed E-state index contributed by atoms with van der Waals surface area (Å²) in [6.07, 6.45) is 19.8. The van der Waals surface area contributed by atoms with E-state index in [4.69, 9.17) is 29.7 Å². The molecule has 29 nitrogen and oxygen atoms in total. The Kier molecular flexibility index (Phi) is 20.3. The number of rotatable bonds is 17. The number of aryl methyl sites for hydroxylation is 3. The monoisotopic (exact) mass is 1360 g/mol. The van der Waals surface area contributed by atoms with Crippen LogP contribution in [0.15, 0.2) is 163 Å². The molecule has 19 rings (SSSR count). The molecule has 516 valence electrons. The van der Waals surface area contributed by atoms with Crippen LogP contribution in [-0.4, -0.2) is 187 Å². The molecule has 11 aromatic rings. The maximum Gasteiger partial charge on any atom is 0.185 e. The van der Waals surface area contributed by atoms with Gasteiger partial charge in [0.2, 0.25) is 0 Å². The van der Waals surface area contributed by atoms with Crippen molar-refractivity contribution in [2.45, 2.75) is 104 Å². The zero-order valence-electron chi connectivity index (χ0n) is 56.3. The average Bonchev–Trinajstić information content (AvgIpc) is 1.38. The topological polar surface area (TPSA) is 341 Å². The van der Waals surface area contributed by atoms with Crippen LogP contribution in [0.5, 0.6) is 0 Å². The zero-order valence-corrected chi connectivity index (χ0v) is 56.3. The Balaban J connectivity index is 0.000000124. The number of ether oxygens (including phenoxy) is 2. The van der Waals surface area contributed by atoms with Crippen LogP contribution < -0.4 is 20.4 Å². The first-order valence-corrected chi connectivity index (χ1v) is 33.5. The number of aliphatic hydroxyl groups is 3. The molecule has 7 fully saturated rings. The van der Waals surface area contributed by atoms with Gasteiger partial charge in [0.05, 0.1) is 68.0 Å². The molecular formula is C72H77N23O6. The number of pyridine rings is 5. The Hall–Kier alpha value is -11.1. The Labute approximate surface area is 581 Å². The quantitative estimate of drug-likeness (QED) is 0.0526. The lowest BCUT2D eigenvalue weighted by atomic mass is 9.87. The molecule has 0 spiro atoms. The maximum absolute atomic E-state index is 10.4. The number of aliphatic imine (C=N–C) groups is 1. The average molecular weight is 1360 g/mol. The highest BCUT2D eigenvalue weighted by Gasteiger charge is 2.45. The Morgan fingerprint density at radius 3 is 1.61 bits per heavy atom. The molecule has 0 amide bonds. The van der Waals surface area contributed by atoms with E-state index in [9.17, 15) is 9.90 Å². The fourth-order valence-corrected chi connectivity index (χ4v) is 12.8. The Bertz CT molecular complexity index is 4660. The van der Waals surface area contributed by atoms with E-state index in [1.807, 2.05) is 88.0 Å². The molecule has 19 heterocycles. The minimum absolute atomic E-state index is 0.0746. The lowest BCUT2D eigenvalue weighted by molar-refractivity contribution is -0.0443. The van der Waals surface area contributed by atoms with Crippen molar-refractivity contribution in [2.24, 2.45) is 4.99 Å². The first-order chi connectivity index (χ1) is 49.3. The van der Waals surface area contributed by atoms with Crippen LogP contribution in [0.25, 0.3) is 40.2 Å². The minimum Gasteiger partial charge on any atom is -0.390 e. The molecule has 0 radical (unpaired) electrons. The van der Waals surface area contributed by atoms with Gasteiger partial charge in [-0.25, -0.2) is 58.9 Å². The predicted molar refractivity (Wildman–Crippen MR) is 375 cm³/mol. The first kappa shape index (κ1) is 67.1. The number of anilines is 3. The summed E-state index contributed by atoms with van der Waals surface area (Å²) in [7, 11) is 0. The van der Waals surface area contributed by atoms with Crippen molar-refractivity contribution in [1.29, 1.82) is 0 Å². The molecule has 101 heavy (non-hydrogen) atoms. The molecule has 4 atom stereocenters. The van der Waals surface area contributed by atoms with Crippen molar-refractivity contribution < 1.29 is 29.6 Å². The standard InChI is InChI=1S/C30H32N10O.C20H23N7.C12H13N3O3.C10H9N3O2/c1-19-9-24(11-25-10-20(2)35-36-25)34-30(33-19)22-4-6-28(32-14-22)38-16-26-12-27(17-38)39(26)15-21-3-5-29(31-13-21)40-8-7-23(18-41)37-40;1-12-5-17(21-8-12)25-18-6-13(2)23-20(26-18)14-3-4-19(22-9-14)27-10-15-7-16(11-27)24-15;16-8-10-3-4-15(14-10)11-2-1-9(7-13-11)12-17-5-6-18-12;14-6-8-1-2-10(11-5-8)13-4-3-9(7-15)12-13/h3-10,13-14,26-27,41H,11-12,15-18H2,1-2H3,(H,35,36);3-6,9,15-16,24H,7-8,10-11H2,1-2H3,(H,21,23,25,26);1-4,7,12,16H,5-6,8H2;1-6,15H,7H2. The number of piperidine rings is 2. The van der Waals surface area contributed by atoms with E-state index >= 15 is 0 Å². The molecule has 8 aliphatic heterocycles. The number of aldehydes is 1. The second-order valence-electron chi connectivity index (χ2n) is 25.6. The smallest absolute Gasteiger partial charge is 0.185 e. The number of nitrogens with one attached hydrogen (secondary N) is 3. The number of fused-ring (bicyclic) bond motifs is 4. The number of H-pyrrole nitrogens is 1. The number of piperazine rings is 2. The fourth-order valence-electron chi connectivity index (χ4n) is 12.8. The fraction of sp³-hybridized carbons (Fsp3) is 0.319. The molecule has 6 N–H and O–H groups in total. The summed E-state index contributed by atoms with van der Waals surface area (Å²) >= 11 is 0. The number of carbonyl (C=O) groups excluding carboxylic acids is 1. The second kappa shape index (κ2) is 30.6. The van der Waals surface area contributed by atoms with E-state index in [1.165, 1.54) is 30.2 Å². The summed E-state index contributed by atoms with van der Waals surface area (Å²) in [5, 5.41) is 53.8. The summed E-state index contributed by atoms with van der Waals surface area (Å²) in [4.78, 5) is 63.3. The summed E-state index contributed by atoms with van der Waals surface area (Å²) in [6, 6.07) is 33.0. The Morgan fingerprint density at radius 2 is 1.12 bits per heavy atom. The van der Waals surface area contributed by atoms with Gasteiger partial charge in [0.15, 0.2) is 41.7 Å². The molecule has 4 unspecified atom stereocenters. The van der Waals surface area contributed by atoms with Crippen molar-refractivity contribution in [3.05, 3.63) is 221 Å². The lowest BCUT2D eigenvalue weighted by Gasteiger charge is -2.56. The van der Waals surface area contributed by atoms with Gasteiger partial charge >= 0.3 is 0 Å². The molecule has 4 bridgehead atoms. The molecule has 0 aromatic carbocycles. The van der Waals surface area contributed by atoms with Crippen LogP contribution >= 0.6 is 0 Å². The van der Waals surface area contributed by atoms with Crippen molar-refractivity contribution in [1.82, 2.24) is 94.6 Å². The third kappa shape index (κ3) is 16.3. The van der Waals surface area contributed by atoms with Crippen LogP contribution in [0.2, 0.25) is 0 Å². The highest BCUT2D eigenvalue weighted by molar-refractivity contribution is 6.05. The van der Waals surface area contributed by atoms with E-state index < -0.39 is 0 Å². The molecule has 7 saturated heterocycles. The number of hydrogen-bond donors (Lipinski definition) is 6. The minimum atomic E-state index is -0.308. The first-order valence-electron chi connectivity index (χ1n) is 33.5. The highest BCUT2D eigenvalue weighted by atomic mass is 16.7. The SMILES string of the molecule is CC1=CC(Nc2cc(C)nc(-c3ccc(N4CC5CC(C4)N5)nc3)n2)=NC1.Cc1cc(Cc2cc(C)[nH]n2)nc(-c2ccc(N3CC4CC(C3)N4Cc3ccc(-n4ccc(CO)n4)nc3)nc2)n1.O=Cc1ccc(-n2ccc(CO)n2)nc1.OCc1ccn(-c2ccc(C3OCCO3)cn2)n1. The van der Waals surface area contributed by atoms with Gasteiger partial charge < -0.3 is 45.2 Å². The molecule has 8 aliphatic rings. The van der Waals surface area contributed by atoms with E-state index in [2.05, 4.69) is 128 Å². The largest absolute Gasteiger partial charge is 0.390 e. The van der Waals surface area contributed by atoms with Crippen LogP contribution in [0.4, 0.5) is 17.5 Å². The maximum atomic E-state index is 10.4. The van der Waals surface area contributed by atoms with Crippen molar-refractivity contribution in [3.63, 3.8) is 0 Å². The molecule has 29 heteroatoms. The van der Waals surface area contributed by atoms with E-state index in [0.717, 1.165) is 120 Å². The van der Waals surface area contributed by atoms with Crippen LogP contribution in [0.1, 0.15) is 93.1 Å². The van der Waals surface area contributed by atoms with Gasteiger partial charge in [0.25, 0.3) is 0 Å². The van der Waals surface area contributed by atoms with E-state index in [0.29, 0.717) is 89.7 Å². The van der Waals surface area contributed by atoms with Crippen molar-refractivity contribution in [3.8, 4) is 40.2 Å².